The van der Waals surface area contributed by atoms with Crippen molar-refractivity contribution in [2.24, 2.45) is 5.92 Å². The number of allylic oxidation sites excluding steroid dienone is 2. The zero-order chi connectivity index (χ0) is 19.7. The number of hydrogen-bond acceptors (Lipinski definition) is 3. The number of nitrogens with zero attached hydrogens (tertiary/aromatic N) is 2. The maximum absolute atomic E-state index is 10.1. The lowest BCUT2D eigenvalue weighted by Gasteiger charge is -2.31. The van der Waals surface area contributed by atoms with Crippen LogP contribution < -0.4 is 0 Å². The van der Waals surface area contributed by atoms with Crippen molar-refractivity contribution in [2.75, 3.05) is 20.6 Å². The maximum Gasteiger partial charge on any atom is 0.116 e. The van der Waals surface area contributed by atoms with Crippen LogP contribution in [0.15, 0.2) is 73.0 Å². The molecule has 1 aliphatic carbocycles. The largest absolute Gasteiger partial charge is 0.508 e. The lowest BCUT2D eigenvalue weighted by Crippen LogP contribution is -2.27. The van der Waals surface area contributed by atoms with E-state index in [9.17, 15) is 5.11 Å². The lowest BCUT2D eigenvalue weighted by molar-refractivity contribution is 0.361. The Bertz CT molecular complexity index is 1120. The van der Waals surface area contributed by atoms with Crippen molar-refractivity contribution in [3.63, 3.8) is 0 Å². The third-order valence-electron chi connectivity index (χ3n) is 5.22. The van der Waals surface area contributed by atoms with Crippen molar-refractivity contribution >= 4 is 22.0 Å². The van der Waals surface area contributed by atoms with Gasteiger partial charge in [-0.3, -0.25) is 4.98 Å². The van der Waals surface area contributed by atoms with Gasteiger partial charge < -0.3 is 10.0 Å². The molecular formula is C25H24N2O. The highest BCUT2D eigenvalue weighted by Gasteiger charge is 2.29. The molecule has 28 heavy (non-hydrogen) atoms. The second-order valence-electron chi connectivity index (χ2n) is 7.56. The van der Waals surface area contributed by atoms with Gasteiger partial charge in [-0.05, 0) is 67.6 Å². The van der Waals surface area contributed by atoms with E-state index >= 15 is 0 Å². The molecule has 0 saturated carbocycles. The zero-order valence-corrected chi connectivity index (χ0v) is 16.3. The Hall–Kier alpha value is -3.13. The molecule has 1 aromatic heterocycles. The summed E-state index contributed by atoms with van der Waals surface area (Å²) < 4.78 is 0. The fourth-order valence-corrected chi connectivity index (χ4v) is 4.16. The number of hydrogen-bond donors (Lipinski definition) is 1. The van der Waals surface area contributed by atoms with Gasteiger partial charge in [0.1, 0.15) is 5.75 Å². The SMILES string of the molecule is C=C=CC1=C(c2cccc(O)c2)C(CN(C)C)Cc2nc3ccccc3cc21. The minimum atomic E-state index is 0.262. The molecular weight excluding hydrogens is 344 g/mol. The van der Waals surface area contributed by atoms with Gasteiger partial charge in [0.2, 0.25) is 0 Å². The molecule has 0 spiro atoms. The number of fused-ring (bicyclic) bond motifs is 2. The monoisotopic (exact) mass is 368 g/mol. The summed E-state index contributed by atoms with van der Waals surface area (Å²) in [5.74, 6) is 0.538. The van der Waals surface area contributed by atoms with Crippen LogP contribution in [0.4, 0.5) is 0 Å². The first-order chi connectivity index (χ1) is 13.6. The van der Waals surface area contributed by atoms with Gasteiger partial charge in [0.15, 0.2) is 0 Å². The molecule has 1 N–H and O–H groups in total. The van der Waals surface area contributed by atoms with Gasteiger partial charge in [-0.15, -0.1) is 5.73 Å². The molecule has 0 bridgehead atoms. The van der Waals surface area contributed by atoms with Crippen molar-refractivity contribution < 1.29 is 5.11 Å². The van der Waals surface area contributed by atoms with E-state index in [1.807, 2.05) is 30.3 Å². The average Bonchev–Trinajstić information content (AvgIpc) is 2.66. The van der Waals surface area contributed by atoms with Gasteiger partial charge in [-0.1, -0.05) is 36.9 Å². The summed E-state index contributed by atoms with van der Waals surface area (Å²) >= 11 is 0. The minimum Gasteiger partial charge on any atom is -0.508 e. The molecule has 4 rings (SSSR count). The molecule has 0 aliphatic heterocycles. The standard InChI is InChI=1S/C25H24N2O/c1-4-8-21-22-14-17-9-5-6-12-23(17)26-24(22)15-19(16-27(2)3)25(21)18-10-7-11-20(28)13-18/h5-14,19,28H,1,15-16H2,2-3H3. The first-order valence-corrected chi connectivity index (χ1v) is 9.50. The minimum absolute atomic E-state index is 0.262. The number of rotatable bonds is 4. The molecule has 0 amide bonds. The molecule has 3 nitrogen and oxygen atoms in total. The molecule has 0 fully saturated rings. The summed E-state index contributed by atoms with van der Waals surface area (Å²) in [6.07, 6.45) is 2.81. The van der Waals surface area contributed by atoms with Crippen molar-refractivity contribution in [1.82, 2.24) is 9.88 Å². The summed E-state index contributed by atoms with van der Waals surface area (Å²) in [7, 11) is 4.18. The van der Waals surface area contributed by atoms with Crippen molar-refractivity contribution in [2.45, 2.75) is 6.42 Å². The van der Waals surface area contributed by atoms with Crippen LogP contribution in [-0.2, 0) is 6.42 Å². The van der Waals surface area contributed by atoms with Crippen LogP contribution in [0.1, 0.15) is 16.8 Å². The van der Waals surface area contributed by atoms with Gasteiger partial charge in [0.05, 0.1) is 5.52 Å². The van der Waals surface area contributed by atoms with Crippen LogP contribution in [0, 0.1) is 5.92 Å². The zero-order valence-electron chi connectivity index (χ0n) is 16.3. The number of aromatic hydroxyl groups is 1. The van der Waals surface area contributed by atoms with Crippen molar-refractivity contribution in [3.8, 4) is 5.75 Å². The van der Waals surface area contributed by atoms with Crippen LogP contribution in [0.2, 0.25) is 0 Å². The first-order valence-electron chi connectivity index (χ1n) is 9.50. The Morgan fingerprint density at radius 2 is 2.00 bits per heavy atom. The highest BCUT2D eigenvalue weighted by atomic mass is 16.3. The smallest absolute Gasteiger partial charge is 0.116 e. The van der Waals surface area contributed by atoms with Gasteiger partial charge in [0, 0.05) is 29.1 Å². The lowest BCUT2D eigenvalue weighted by atomic mass is 9.77. The molecule has 140 valence electrons. The van der Waals surface area contributed by atoms with Crippen LogP contribution in [0.5, 0.6) is 5.75 Å². The van der Waals surface area contributed by atoms with Crippen molar-refractivity contribution in [3.05, 3.63) is 89.8 Å². The highest BCUT2D eigenvalue weighted by Crippen LogP contribution is 2.42. The van der Waals surface area contributed by atoms with E-state index in [2.05, 4.69) is 55.6 Å². The topological polar surface area (TPSA) is 36.4 Å². The van der Waals surface area contributed by atoms with E-state index in [0.29, 0.717) is 0 Å². The quantitative estimate of drug-likeness (QED) is 0.664. The molecule has 2 aromatic carbocycles. The number of aromatic nitrogens is 1. The van der Waals surface area contributed by atoms with Crippen LogP contribution >= 0.6 is 0 Å². The van der Waals surface area contributed by atoms with Gasteiger partial charge >= 0.3 is 0 Å². The fourth-order valence-electron chi connectivity index (χ4n) is 4.16. The second-order valence-corrected chi connectivity index (χ2v) is 7.56. The number of phenols is 1. The van der Waals surface area contributed by atoms with Crippen LogP contribution in [-0.4, -0.2) is 35.6 Å². The Balaban J connectivity index is 2.02. The second kappa shape index (κ2) is 7.47. The third kappa shape index (κ3) is 3.38. The van der Waals surface area contributed by atoms with Gasteiger partial charge in [-0.25, -0.2) is 0 Å². The Morgan fingerprint density at radius 1 is 1.18 bits per heavy atom. The van der Waals surface area contributed by atoms with E-state index in [1.165, 1.54) is 5.57 Å². The number of para-hydroxylation sites is 1. The van der Waals surface area contributed by atoms with Gasteiger partial charge in [-0.2, -0.15) is 0 Å². The highest BCUT2D eigenvalue weighted by molar-refractivity contribution is 6.00. The number of phenolic OH excluding ortho intramolecular Hbond substituents is 1. The molecule has 3 heteroatoms. The molecule has 1 unspecified atom stereocenters. The summed E-state index contributed by atoms with van der Waals surface area (Å²) in [5.41, 5.74) is 9.57. The molecule has 0 saturated heterocycles. The summed E-state index contributed by atoms with van der Waals surface area (Å²) in [5, 5.41) is 11.2. The molecule has 3 aromatic rings. The Morgan fingerprint density at radius 3 is 2.75 bits per heavy atom. The molecule has 1 aliphatic rings. The number of pyridine rings is 1. The molecule has 0 radical (unpaired) electrons. The predicted octanol–water partition coefficient (Wildman–Crippen LogP) is 4.93. The maximum atomic E-state index is 10.1. The van der Waals surface area contributed by atoms with Gasteiger partial charge in [0.25, 0.3) is 0 Å². The number of benzene rings is 2. The Kier molecular flexibility index (Phi) is 4.87. The fraction of sp³-hybridized carbons (Fsp3) is 0.200. The van der Waals surface area contributed by atoms with Crippen molar-refractivity contribution in [1.29, 1.82) is 0 Å². The predicted molar refractivity (Wildman–Crippen MR) is 116 cm³/mol. The normalized spacial score (nSPS) is 16.2. The Labute approximate surface area is 166 Å². The van der Waals surface area contributed by atoms with E-state index < -0.39 is 0 Å². The summed E-state index contributed by atoms with van der Waals surface area (Å²) in [6, 6.07) is 18.0. The summed E-state index contributed by atoms with van der Waals surface area (Å²) in [6.45, 7) is 4.72. The first kappa shape index (κ1) is 18.2. The molecule has 1 atom stereocenters. The van der Waals surface area contributed by atoms with Crippen LogP contribution in [0.25, 0.3) is 22.0 Å². The summed E-state index contributed by atoms with van der Waals surface area (Å²) in [4.78, 5) is 7.18. The van der Waals surface area contributed by atoms with E-state index in [1.54, 1.807) is 6.07 Å². The average molecular weight is 368 g/mol. The third-order valence-corrected chi connectivity index (χ3v) is 5.22. The molecule has 1 heterocycles. The van der Waals surface area contributed by atoms with E-state index in [-0.39, 0.29) is 11.7 Å². The van der Waals surface area contributed by atoms with E-state index in [4.69, 9.17) is 4.98 Å². The van der Waals surface area contributed by atoms with E-state index in [0.717, 1.165) is 46.3 Å². The van der Waals surface area contributed by atoms with Crippen LogP contribution in [0.3, 0.4) is 0 Å².